The molecule has 48 valence electrons. The van der Waals surface area contributed by atoms with Gasteiger partial charge in [-0.05, 0) is 18.8 Å². The lowest BCUT2D eigenvalue weighted by atomic mass is 10.1. The van der Waals surface area contributed by atoms with Crippen LogP contribution in [0.3, 0.4) is 0 Å². The number of hydrogen-bond donors (Lipinski definition) is 0. The molecule has 0 aromatic heterocycles. The van der Waals surface area contributed by atoms with Crippen LogP contribution in [0.15, 0.2) is 0 Å². The van der Waals surface area contributed by atoms with Crippen molar-refractivity contribution in [2.75, 3.05) is 19.9 Å². The Morgan fingerprint density at radius 3 is 3.00 bits per heavy atom. The molecule has 0 aliphatic carbocycles. The van der Waals surface area contributed by atoms with Crippen LogP contribution in [0.1, 0.15) is 12.8 Å². The van der Waals surface area contributed by atoms with Crippen molar-refractivity contribution in [3.8, 4) is 0 Å². The summed E-state index contributed by atoms with van der Waals surface area (Å²) in [5.41, 5.74) is 0. The molecule has 1 unspecified atom stereocenters. The number of halogens is 1. The van der Waals surface area contributed by atoms with E-state index in [1.54, 1.807) is 0 Å². The molecule has 0 radical (unpaired) electrons. The first-order valence-electron chi connectivity index (χ1n) is 3.07. The highest BCUT2D eigenvalue weighted by Crippen LogP contribution is 2.15. The lowest BCUT2D eigenvalue weighted by Gasteiger charge is -1.99. The van der Waals surface area contributed by atoms with Crippen LogP contribution < -0.4 is 0 Å². The Hall–Kier alpha value is -0.110. The maximum Gasteiger partial charge on any atom is 0.0898 e. The zero-order valence-electron chi connectivity index (χ0n) is 4.90. The molecular weight excluding hydrogens is 107 g/mol. The summed E-state index contributed by atoms with van der Waals surface area (Å²) in [5, 5.41) is 0. The monoisotopic (exact) mass is 118 g/mol. The molecule has 1 nitrogen and oxygen atoms in total. The maximum atomic E-state index is 11.6. The number of ether oxygens (including phenoxy) is 1. The highest BCUT2D eigenvalue weighted by Gasteiger charge is 2.14. The molecule has 1 heterocycles. The second-order valence-electron chi connectivity index (χ2n) is 2.21. The molecule has 0 amide bonds. The molecule has 8 heavy (non-hydrogen) atoms. The summed E-state index contributed by atoms with van der Waals surface area (Å²) in [6, 6.07) is 0. The van der Waals surface area contributed by atoms with Crippen molar-refractivity contribution in [1.82, 2.24) is 0 Å². The van der Waals surface area contributed by atoms with E-state index in [4.69, 9.17) is 4.74 Å². The molecule has 1 aliphatic heterocycles. The highest BCUT2D eigenvalue weighted by molar-refractivity contribution is 4.62. The standard InChI is InChI=1S/C6H11FO/c7-3-1-6-2-4-8-5-6/h6H,1-5H2. The average molecular weight is 118 g/mol. The predicted octanol–water partition coefficient (Wildman–Crippen LogP) is 1.38. The predicted molar refractivity (Wildman–Crippen MR) is 29.5 cm³/mol. The van der Waals surface area contributed by atoms with Gasteiger partial charge in [0.25, 0.3) is 0 Å². The van der Waals surface area contributed by atoms with E-state index in [9.17, 15) is 4.39 Å². The van der Waals surface area contributed by atoms with Gasteiger partial charge in [0.15, 0.2) is 0 Å². The van der Waals surface area contributed by atoms with Crippen LogP contribution in [0.5, 0.6) is 0 Å². The Balaban J connectivity index is 2.06. The van der Waals surface area contributed by atoms with Gasteiger partial charge in [-0.3, -0.25) is 4.39 Å². The van der Waals surface area contributed by atoms with E-state index in [-0.39, 0.29) is 6.67 Å². The zero-order valence-corrected chi connectivity index (χ0v) is 4.90. The van der Waals surface area contributed by atoms with Crippen LogP contribution in [0.25, 0.3) is 0 Å². The van der Waals surface area contributed by atoms with Crippen molar-refractivity contribution < 1.29 is 9.13 Å². The topological polar surface area (TPSA) is 9.23 Å². The molecule has 0 N–H and O–H groups in total. The first-order chi connectivity index (χ1) is 3.93. The summed E-state index contributed by atoms with van der Waals surface area (Å²) in [4.78, 5) is 0. The minimum Gasteiger partial charge on any atom is -0.381 e. The Labute approximate surface area is 48.8 Å². The zero-order chi connectivity index (χ0) is 5.82. The summed E-state index contributed by atoms with van der Waals surface area (Å²) in [5.74, 6) is 0.514. The molecule has 2 heteroatoms. The smallest absolute Gasteiger partial charge is 0.0898 e. The van der Waals surface area contributed by atoms with E-state index in [1.807, 2.05) is 0 Å². The van der Waals surface area contributed by atoms with Gasteiger partial charge < -0.3 is 4.74 Å². The molecule has 1 aliphatic rings. The van der Waals surface area contributed by atoms with E-state index < -0.39 is 0 Å². The fourth-order valence-electron chi connectivity index (χ4n) is 0.965. The molecular formula is C6H11FO. The molecule has 0 aromatic rings. The molecule has 1 rings (SSSR count). The average Bonchev–Trinajstić information content (AvgIpc) is 2.19. The number of alkyl halides is 1. The van der Waals surface area contributed by atoms with Crippen LogP contribution in [0, 0.1) is 5.92 Å². The van der Waals surface area contributed by atoms with E-state index in [0.717, 1.165) is 19.6 Å². The third kappa shape index (κ3) is 1.44. The summed E-state index contributed by atoms with van der Waals surface area (Å²) in [7, 11) is 0. The van der Waals surface area contributed by atoms with Crippen LogP contribution in [-0.4, -0.2) is 19.9 Å². The fourth-order valence-corrected chi connectivity index (χ4v) is 0.965. The van der Waals surface area contributed by atoms with Crippen LogP contribution in [0.4, 0.5) is 4.39 Å². The van der Waals surface area contributed by atoms with Gasteiger partial charge in [0.2, 0.25) is 0 Å². The minimum absolute atomic E-state index is 0.186. The molecule has 1 atom stereocenters. The van der Waals surface area contributed by atoms with Crippen molar-refractivity contribution in [2.45, 2.75) is 12.8 Å². The SMILES string of the molecule is FCCC1CCOC1. The largest absolute Gasteiger partial charge is 0.381 e. The van der Waals surface area contributed by atoms with Crippen LogP contribution in [0.2, 0.25) is 0 Å². The van der Waals surface area contributed by atoms with E-state index in [2.05, 4.69) is 0 Å². The molecule has 0 bridgehead atoms. The lowest BCUT2D eigenvalue weighted by Crippen LogP contribution is -1.98. The third-order valence-electron chi connectivity index (χ3n) is 1.54. The first kappa shape index (κ1) is 6.02. The van der Waals surface area contributed by atoms with Gasteiger partial charge in [-0.2, -0.15) is 0 Å². The Kier molecular flexibility index (Phi) is 2.27. The van der Waals surface area contributed by atoms with Gasteiger partial charge in [-0.25, -0.2) is 0 Å². The quantitative estimate of drug-likeness (QED) is 0.532. The number of rotatable bonds is 2. The van der Waals surface area contributed by atoms with E-state index in [1.165, 1.54) is 0 Å². The van der Waals surface area contributed by atoms with Crippen molar-refractivity contribution in [3.05, 3.63) is 0 Å². The van der Waals surface area contributed by atoms with Gasteiger partial charge in [0.1, 0.15) is 0 Å². The van der Waals surface area contributed by atoms with Crippen molar-refractivity contribution in [3.63, 3.8) is 0 Å². The van der Waals surface area contributed by atoms with Gasteiger partial charge in [0.05, 0.1) is 6.67 Å². The Bertz CT molecular complexity index is 59.5. The van der Waals surface area contributed by atoms with Crippen LogP contribution in [-0.2, 0) is 4.74 Å². The van der Waals surface area contributed by atoms with Gasteiger partial charge >= 0.3 is 0 Å². The highest BCUT2D eigenvalue weighted by atomic mass is 19.1. The Morgan fingerprint density at radius 1 is 1.62 bits per heavy atom. The fraction of sp³-hybridized carbons (Fsp3) is 1.00. The summed E-state index contributed by atoms with van der Waals surface area (Å²) in [6.45, 7) is 1.43. The van der Waals surface area contributed by atoms with Gasteiger partial charge in [-0.15, -0.1) is 0 Å². The van der Waals surface area contributed by atoms with E-state index in [0.29, 0.717) is 12.3 Å². The molecule has 0 spiro atoms. The molecule has 1 saturated heterocycles. The summed E-state index contributed by atoms with van der Waals surface area (Å²) < 4.78 is 16.6. The van der Waals surface area contributed by atoms with Crippen LogP contribution >= 0.6 is 0 Å². The number of hydrogen-bond acceptors (Lipinski definition) is 1. The molecule has 0 aromatic carbocycles. The second-order valence-corrected chi connectivity index (χ2v) is 2.21. The summed E-state index contributed by atoms with van der Waals surface area (Å²) >= 11 is 0. The second kappa shape index (κ2) is 3.02. The normalized spacial score (nSPS) is 28.9. The Morgan fingerprint density at radius 2 is 2.50 bits per heavy atom. The van der Waals surface area contributed by atoms with E-state index >= 15 is 0 Å². The lowest BCUT2D eigenvalue weighted by molar-refractivity contribution is 0.182. The molecule has 0 saturated carbocycles. The van der Waals surface area contributed by atoms with Crippen molar-refractivity contribution >= 4 is 0 Å². The summed E-state index contributed by atoms with van der Waals surface area (Å²) in [6.07, 6.45) is 1.75. The van der Waals surface area contributed by atoms with Crippen molar-refractivity contribution in [1.29, 1.82) is 0 Å². The first-order valence-corrected chi connectivity index (χ1v) is 3.07. The van der Waals surface area contributed by atoms with Crippen molar-refractivity contribution in [2.24, 2.45) is 5.92 Å². The minimum atomic E-state index is -0.186. The van der Waals surface area contributed by atoms with Gasteiger partial charge in [0, 0.05) is 13.2 Å². The molecule has 1 fully saturated rings. The third-order valence-corrected chi connectivity index (χ3v) is 1.54. The maximum absolute atomic E-state index is 11.6. The van der Waals surface area contributed by atoms with Gasteiger partial charge in [-0.1, -0.05) is 0 Å².